The van der Waals surface area contributed by atoms with Gasteiger partial charge in [0.1, 0.15) is 28.4 Å². The van der Waals surface area contributed by atoms with Crippen LogP contribution < -0.4 is 4.74 Å². The Morgan fingerprint density at radius 2 is 1.56 bits per heavy atom. The first kappa shape index (κ1) is 28.7. The van der Waals surface area contributed by atoms with Gasteiger partial charge in [-0.05, 0) is 51.8 Å². The van der Waals surface area contributed by atoms with E-state index in [2.05, 4.69) is 6.92 Å². The van der Waals surface area contributed by atoms with Gasteiger partial charge in [0, 0.05) is 17.5 Å². The van der Waals surface area contributed by atoms with E-state index in [9.17, 15) is 14.7 Å². The number of carbonyl (C=O) groups is 2. The Morgan fingerprint density at radius 1 is 0.917 bits per heavy atom. The van der Waals surface area contributed by atoms with E-state index in [1.807, 2.05) is 63.2 Å². The molecule has 0 fully saturated rings. The summed E-state index contributed by atoms with van der Waals surface area (Å²) in [6, 6.07) is 16.8. The summed E-state index contributed by atoms with van der Waals surface area (Å²) in [4.78, 5) is 22.9. The van der Waals surface area contributed by atoms with Crippen molar-refractivity contribution in [2.45, 2.75) is 72.3 Å². The zero-order chi connectivity index (χ0) is 26.7. The fourth-order valence-corrected chi connectivity index (χ4v) is 3.72. The number of hydrogen-bond acceptors (Lipinski definition) is 5. The summed E-state index contributed by atoms with van der Waals surface area (Å²) in [5.74, 6) is 0.600. The van der Waals surface area contributed by atoms with Crippen LogP contribution in [-0.2, 0) is 9.53 Å². The molecule has 0 atom stereocenters. The molecule has 36 heavy (non-hydrogen) atoms. The topological polar surface area (TPSA) is 86.0 Å². The van der Waals surface area contributed by atoms with Crippen LogP contribution in [-0.4, -0.2) is 29.8 Å². The van der Waals surface area contributed by atoms with E-state index in [1.54, 1.807) is 26.2 Å². The maximum absolute atomic E-state index is 11.7. The number of unbranched alkanes of at least 4 members (excludes halogenated alkanes) is 3. The summed E-state index contributed by atoms with van der Waals surface area (Å²) in [6.45, 7) is 9.53. The third-order valence-electron chi connectivity index (χ3n) is 5.37. The largest absolute Gasteiger partial charge is 0.497 e. The summed E-state index contributed by atoms with van der Waals surface area (Å²) in [5, 5.41) is 9.58. The molecule has 0 radical (unpaired) electrons. The number of carboxylic acids is 1. The van der Waals surface area contributed by atoms with Crippen molar-refractivity contribution < 1.29 is 28.6 Å². The first-order chi connectivity index (χ1) is 17.1. The highest BCUT2D eigenvalue weighted by molar-refractivity contribution is 6.01. The van der Waals surface area contributed by atoms with E-state index in [1.165, 1.54) is 12.8 Å². The Hall–Kier alpha value is -3.54. The Labute approximate surface area is 214 Å². The maximum Gasteiger partial charge on any atom is 0.339 e. The van der Waals surface area contributed by atoms with Crippen LogP contribution >= 0.6 is 0 Å². The third-order valence-corrected chi connectivity index (χ3v) is 5.37. The number of ether oxygens (including phenoxy) is 2. The molecule has 0 aliphatic heterocycles. The average molecular weight is 495 g/mol. The first-order valence-corrected chi connectivity index (χ1v) is 12.4. The minimum absolute atomic E-state index is 0.0661. The molecule has 0 saturated heterocycles. The molecule has 3 aromatic rings. The predicted octanol–water partition coefficient (Wildman–Crippen LogP) is 7.93. The monoisotopic (exact) mass is 494 g/mol. The Balaban J connectivity index is 0.000000302. The van der Waals surface area contributed by atoms with Crippen molar-refractivity contribution in [3.05, 3.63) is 65.9 Å². The van der Waals surface area contributed by atoms with Gasteiger partial charge in [0.15, 0.2) is 0 Å². The van der Waals surface area contributed by atoms with Crippen molar-refractivity contribution in [1.29, 1.82) is 0 Å². The summed E-state index contributed by atoms with van der Waals surface area (Å²) in [6.07, 6.45) is 5.08. The summed E-state index contributed by atoms with van der Waals surface area (Å²) >= 11 is 0. The molecule has 0 spiro atoms. The van der Waals surface area contributed by atoms with E-state index < -0.39 is 5.97 Å². The van der Waals surface area contributed by atoms with Crippen LogP contribution in [0, 0.1) is 6.92 Å². The van der Waals surface area contributed by atoms with Crippen LogP contribution in [0.1, 0.15) is 75.9 Å². The number of carboxylic acid groups (broad SMARTS) is 1. The normalized spacial score (nSPS) is 10.8. The minimum Gasteiger partial charge on any atom is -0.497 e. The van der Waals surface area contributed by atoms with Gasteiger partial charge < -0.3 is 19.0 Å². The van der Waals surface area contributed by atoms with Crippen LogP contribution in [0.3, 0.4) is 0 Å². The highest BCUT2D eigenvalue weighted by Crippen LogP contribution is 2.39. The van der Waals surface area contributed by atoms with Gasteiger partial charge in [-0.2, -0.15) is 0 Å². The van der Waals surface area contributed by atoms with E-state index in [0.29, 0.717) is 29.3 Å². The van der Waals surface area contributed by atoms with E-state index in [4.69, 9.17) is 13.9 Å². The molecule has 2 aromatic carbocycles. The second-order valence-corrected chi connectivity index (χ2v) is 9.53. The lowest BCUT2D eigenvalue weighted by atomic mass is 9.97. The molecule has 0 saturated carbocycles. The number of carbonyl (C=O) groups excluding carboxylic acids is 1. The Kier molecular flexibility index (Phi) is 10.8. The van der Waals surface area contributed by atoms with Crippen molar-refractivity contribution in [3.63, 3.8) is 0 Å². The molecular weight excluding hydrogens is 456 g/mol. The molecule has 1 heterocycles. The zero-order valence-corrected chi connectivity index (χ0v) is 22.2. The molecule has 0 bridgehead atoms. The van der Waals surface area contributed by atoms with Crippen molar-refractivity contribution in [1.82, 2.24) is 0 Å². The molecule has 3 rings (SSSR count). The predicted molar refractivity (Wildman–Crippen MR) is 142 cm³/mol. The van der Waals surface area contributed by atoms with E-state index in [-0.39, 0.29) is 17.1 Å². The van der Waals surface area contributed by atoms with Crippen molar-refractivity contribution in [3.8, 4) is 28.2 Å². The molecule has 0 amide bonds. The fourth-order valence-electron chi connectivity index (χ4n) is 3.72. The number of methoxy groups -OCH3 is 1. The Bertz CT molecular complexity index is 1100. The number of aryl methyl sites for hydroxylation is 1. The summed E-state index contributed by atoms with van der Waals surface area (Å²) in [7, 11) is 1.59. The standard InChI is InChI=1S/C19H16O4.C11H22O2/c1-12-16(19(20)21)17(13-8-10-15(22-2)11-9-13)18(23-12)14-6-4-3-5-7-14;1-5-6-7-8-9-10(12)13-11(2,3)4/h3-11H,1-2H3,(H,20,21);5-9H2,1-4H3. The molecule has 1 aromatic heterocycles. The van der Waals surface area contributed by atoms with Crippen LogP contribution in [0.2, 0.25) is 0 Å². The second kappa shape index (κ2) is 13.5. The molecule has 6 heteroatoms. The molecule has 6 nitrogen and oxygen atoms in total. The van der Waals surface area contributed by atoms with Gasteiger partial charge in [-0.3, -0.25) is 4.79 Å². The summed E-state index contributed by atoms with van der Waals surface area (Å²) < 4.78 is 16.1. The fraction of sp³-hybridized carbons (Fsp3) is 0.400. The van der Waals surface area contributed by atoms with Crippen LogP contribution in [0.25, 0.3) is 22.5 Å². The van der Waals surface area contributed by atoms with Gasteiger partial charge in [-0.15, -0.1) is 0 Å². The van der Waals surface area contributed by atoms with Gasteiger partial charge in [0.05, 0.1) is 7.11 Å². The smallest absolute Gasteiger partial charge is 0.339 e. The number of aromatic carboxylic acids is 1. The van der Waals surface area contributed by atoms with Crippen molar-refractivity contribution in [2.24, 2.45) is 0 Å². The van der Waals surface area contributed by atoms with E-state index >= 15 is 0 Å². The van der Waals surface area contributed by atoms with Crippen LogP contribution in [0.15, 0.2) is 59.0 Å². The van der Waals surface area contributed by atoms with E-state index in [0.717, 1.165) is 24.0 Å². The highest BCUT2D eigenvalue weighted by atomic mass is 16.6. The van der Waals surface area contributed by atoms with Gasteiger partial charge in [-0.1, -0.05) is 68.7 Å². The number of esters is 1. The molecule has 0 aliphatic carbocycles. The van der Waals surface area contributed by atoms with Gasteiger partial charge in [-0.25, -0.2) is 4.79 Å². The van der Waals surface area contributed by atoms with Gasteiger partial charge >= 0.3 is 11.9 Å². The molecule has 0 unspecified atom stereocenters. The molecule has 1 N–H and O–H groups in total. The zero-order valence-electron chi connectivity index (χ0n) is 22.2. The lowest BCUT2D eigenvalue weighted by Gasteiger charge is -2.19. The second-order valence-electron chi connectivity index (χ2n) is 9.53. The minimum atomic E-state index is -1.00. The molecule has 0 aliphatic rings. The van der Waals surface area contributed by atoms with Gasteiger partial charge in [0.25, 0.3) is 0 Å². The molecule has 194 valence electrons. The van der Waals surface area contributed by atoms with Crippen molar-refractivity contribution >= 4 is 11.9 Å². The third kappa shape index (κ3) is 8.59. The lowest BCUT2D eigenvalue weighted by Crippen LogP contribution is -2.23. The average Bonchev–Trinajstić information content (AvgIpc) is 3.19. The van der Waals surface area contributed by atoms with Crippen LogP contribution in [0.4, 0.5) is 0 Å². The first-order valence-electron chi connectivity index (χ1n) is 12.4. The maximum atomic E-state index is 11.7. The SMILES string of the molecule is CCCCCCC(=O)OC(C)(C)C.COc1ccc(-c2c(-c3ccccc3)oc(C)c2C(=O)O)cc1. The lowest BCUT2D eigenvalue weighted by molar-refractivity contribution is -0.154. The van der Waals surface area contributed by atoms with Gasteiger partial charge in [0.2, 0.25) is 0 Å². The summed E-state index contributed by atoms with van der Waals surface area (Å²) in [5.41, 5.74) is 2.06. The molecular formula is C30H38O6. The van der Waals surface area contributed by atoms with Crippen molar-refractivity contribution in [2.75, 3.05) is 7.11 Å². The Morgan fingerprint density at radius 3 is 2.08 bits per heavy atom. The number of hydrogen-bond donors (Lipinski definition) is 1. The quantitative estimate of drug-likeness (QED) is 0.240. The number of furan rings is 1. The van der Waals surface area contributed by atoms with Crippen LogP contribution in [0.5, 0.6) is 5.75 Å². The highest BCUT2D eigenvalue weighted by Gasteiger charge is 2.25. The number of benzene rings is 2. The number of rotatable bonds is 9.